The van der Waals surface area contributed by atoms with Crippen LogP contribution in [0.15, 0.2) is 48.6 Å². The predicted molar refractivity (Wildman–Crippen MR) is 279 cm³/mol. The highest BCUT2D eigenvalue weighted by Crippen LogP contribution is 2.16. The zero-order chi connectivity index (χ0) is 47.2. The third kappa shape index (κ3) is 52.2. The van der Waals surface area contributed by atoms with Gasteiger partial charge in [0.2, 0.25) is 0 Å². The number of unbranched alkanes of at least 4 members (excludes halogenated alkanes) is 32. The Labute approximate surface area is 403 Å². The summed E-state index contributed by atoms with van der Waals surface area (Å²) in [5, 5.41) is 0. The summed E-state index contributed by atoms with van der Waals surface area (Å²) in [5.41, 5.74) is 0. The van der Waals surface area contributed by atoms with Crippen LogP contribution >= 0.6 is 0 Å². The number of hydrogen-bond acceptors (Lipinski definition) is 6. The van der Waals surface area contributed by atoms with Crippen LogP contribution in [0.1, 0.15) is 290 Å². The second-order valence-electron chi connectivity index (χ2n) is 18.8. The van der Waals surface area contributed by atoms with Gasteiger partial charge in [0.15, 0.2) is 6.10 Å². The molecule has 6 heteroatoms. The first-order chi connectivity index (χ1) is 32.0. The summed E-state index contributed by atoms with van der Waals surface area (Å²) in [6, 6.07) is 0. The molecule has 0 saturated heterocycles. The fraction of sp³-hybridized carbons (Fsp3) is 0.814. The third-order valence-electron chi connectivity index (χ3n) is 12.3. The van der Waals surface area contributed by atoms with Gasteiger partial charge >= 0.3 is 17.9 Å². The Morgan fingerprint density at radius 3 is 0.954 bits per heavy atom. The van der Waals surface area contributed by atoms with E-state index in [2.05, 4.69) is 69.4 Å². The molecule has 0 saturated carbocycles. The normalized spacial score (nSPS) is 12.4. The first kappa shape index (κ1) is 62.4. The van der Waals surface area contributed by atoms with Crippen molar-refractivity contribution in [2.75, 3.05) is 13.2 Å². The Kier molecular flexibility index (Phi) is 51.8. The fourth-order valence-corrected chi connectivity index (χ4v) is 8.10. The maximum absolute atomic E-state index is 12.8. The van der Waals surface area contributed by atoms with E-state index in [1.807, 2.05) is 0 Å². The molecule has 0 heterocycles. The summed E-state index contributed by atoms with van der Waals surface area (Å²) in [4.78, 5) is 38.1. The van der Waals surface area contributed by atoms with E-state index in [9.17, 15) is 14.4 Å². The molecular weight excluding hydrogens is 805 g/mol. The summed E-state index contributed by atoms with van der Waals surface area (Å²) in [6.45, 7) is 6.53. The molecule has 1 unspecified atom stereocenters. The van der Waals surface area contributed by atoms with Crippen molar-refractivity contribution in [3.8, 4) is 0 Å². The number of allylic oxidation sites excluding steroid dienone is 8. The van der Waals surface area contributed by atoms with Gasteiger partial charge in [-0.1, -0.05) is 243 Å². The number of rotatable bonds is 51. The van der Waals surface area contributed by atoms with Crippen LogP contribution < -0.4 is 0 Å². The molecule has 0 aromatic rings. The summed E-state index contributed by atoms with van der Waals surface area (Å²) in [6.07, 6.45) is 65.2. The van der Waals surface area contributed by atoms with Gasteiger partial charge in [-0.2, -0.15) is 0 Å². The van der Waals surface area contributed by atoms with Gasteiger partial charge in [-0.15, -0.1) is 0 Å². The van der Waals surface area contributed by atoms with Gasteiger partial charge in [0.1, 0.15) is 13.2 Å². The molecule has 65 heavy (non-hydrogen) atoms. The van der Waals surface area contributed by atoms with E-state index in [0.29, 0.717) is 19.3 Å². The average molecular weight is 911 g/mol. The van der Waals surface area contributed by atoms with Gasteiger partial charge in [0.05, 0.1) is 0 Å². The van der Waals surface area contributed by atoms with Crippen molar-refractivity contribution in [1.82, 2.24) is 0 Å². The monoisotopic (exact) mass is 911 g/mol. The Morgan fingerprint density at radius 2 is 0.600 bits per heavy atom. The number of esters is 3. The molecule has 6 nitrogen and oxygen atoms in total. The van der Waals surface area contributed by atoms with Crippen LogP contribution in [0.5, 0.6) is 0 Å². The van der Waals surface area contributed by atoms with Crippen molar-refractivity contribution >= 4 is 17.9 Å². The first-order valence-corrected chi connectivity index (χ1v) is 28.1. The van der Waals surface area contributed by atoms with Crippen LogP contribution in [0.25, 0.3) is 0 Å². The molecule has 0 aromatic heterocycles. The maximum Gasteiger partial charge on any atom is 0.306 e. The maximum atomic E-state index is 12.8. The van der Waals surface area contributed by atoms with Crippen LogP contribution in [0, 0.1) is 0 Å². The second-order valence-corrected chi connectivity index (χ2v) is 18.8. The smallest absolute Gasteiger partial charge is 0.306 e. The lowest BCUT2D eigenvalue weighted by atomic mass is 10.0. The zero-order valence-electron chi connectivity index (χ0n) is 43.3. The molecule has 1 atom stereocenters. The Morgan fingerprint density at radius 1 is 0.323 bits per heavy atom. The highest BCUT2D eigenvalue weighted by atomic mass is 16.6. The molecule has 0 spiro atoms. The third-order valence-corrected chi connectivity index (χ3v) is 12.3. The van der Waals surface area contributed by atoms with E-state index in [1.54, 1.807) is 0 Å². The Bertz CT molecular complexity index is 1140. The van der Waals surface area contributed by atoms with Gasteiger partial charge in [0, 0.05) is 19.3 Å². The minimum Gasteiger partial charge on any atom is -0.462 e. The van der Waals surface area contributed by atoms with Crippen molar-refractivity contribution in [3.05, 3.63) is 48.6 Å². The van der Waals surface area contributed by atoms with E-state index in [4.69, 9.17) is 14.2 Å². The number of hydrogen-bond donors (Lipinski definition) is 0. The minimum atomic E-state index is -0.783. The molecule has 378 valence electrons. The largest absolute Gasteiger partial charge is 0.462 e. The molecule has 0 aliphatic rings. The van der Waals surface area contributed by atoms with Crippen LogP contribution in [0.3, 0.4) is 0 Å². The van der Waals surface area contributed by atoms with Crippen LogP contribution in [0.4, 0.5) is 0 Å². The lowest BCUT2D eigenvalue weighted by Crippen LogP contribution is -2.30. The highest BCUT2D eigenvalue weighted by Gasteiger charge is 2.19. The Balaban J connectivity index is 4.38. The lowest BCUT2D eigenvalue weighted by Gasteiger charge is -2.18. The van der Waals surface area contributed by atoms with Crippen molar-refractivity contribution in [1.29, 1.82) is 0 Å². The molecule has 0 bridgehead atoms. The van der Waals surface area contributed by atoms with Crippen molar-refractivity contribution in [3.63, 3.8) is 0 Å². The lowest BCUT2D eigenvalue weighted by molar-refractivity contribution is -0.167. The summed E-state index contributed by atoms with van der Waals surface area (Å²) < 4.78 is 16.8. The van der Waals surface area contributed by atoms with E-state index in [1.165, 1.54) is 148 Å². The van der Waals surface area contributed by atoms with E-state index < -0.39 is 6.10 Å². The molecule has 0 N–H and O–H groups in total. The second kappa shape index (κ2) is 54.0. The fourth-order valence-electron chi connectivity index (χ4n) is 8.10. The van der Waals surface area contributed by atoms with E-state index in [0.717, 1.165) is 103 Å². The number of carbonyl (C=O) groups is 3. The van der Waals surface area contributed by atoms with Crippen molar-refractivity contribution < 1.29 is 28.6 Å². The van der Waals surface area contributed by atoms with Crippen LogP contribution in [-0.4, -0.2) is 37.2 Å². The van der Waals surface area contributed by atoms with Crippen LogP contribution in [0.2, 0.25) is 0 Å². The standard InChI is InChI=1S/C59H106O6/c1-4-7-10-13-16-19-22-25-28-29-32-34-37-40-43-46-49-52-58(61)64-55-56(65-59(62)53-50-47-44-41-38-35-31-27-24-21-18-15-12-9-6-3)54-63-57(60)51-48-45-42-39-36-33-30-26-23-20-17-14-11-8-5-2/h9,12,18,21,26-27,30-31,56H,4-8,10-11,13-17,19-20,22-25,28-29,32-55H2,1-3H3/b12-9-,21-18-,30-26-,31-27-. The van der Waals surface area contributed by atoms with Gasteiger partial charge in [-0.05, 0) is 77.0 Å². The zero-order valence-corrected chi connectivity index (χ0v) is 43.3. The van der Waals surface area contributed by atoms with Gasteiger partial charge in [-0.25, -0.2) is 0 Å². The molecule has 0 amide bonds. The average Bonchev–Trinajstić information content (AvgIpc) is 3.30. The molecular formula is C59H106O6. The topological polar surface area (TPSA) is 78.9 Å². The van der Waals surface area contributed by atoms with E-state index >= 15 is 0 Å². The molecule has 0 aliphatic carbocycles. The predicted octanol–water partition coefficient (Wildman–Crippen LogP) is 18.7. The van der Waals surface area contributed by atoms with E-state index in [-0.39, 0.29) is 31.1 Å². The number of ether oxygens (including phenoxy) is 3. The first-order valence-electron chi connectivity index (χ1n) is 28.1. The van der Waals surface area contributed by atoms with Crippen molar-refractivity contribution in [2.45, 2.75) is 297 Å². The molecule has 0 radical (unpaired) electrons. The minimum absolute atomic E-state index is 0.0799. The van der Waals surface area contributed by atoms with Gasteiger partial charge in [0.25, 0.3) is 0 Å². The summed E-state index contributed by atoms with van der Waals surface area (Å²) in [7, 11) is 0. The molecule has 0 aromatic carbocycles. The molecule has 0 aliphatic heterocycles. The molecule has 0 fully saturated rings. The van der Waals surface area contributed by atoms with Gasteiger partial charge in [-0.3, -0.25) is 14.4 Å². The highest BCUT2D eigenvalue weighted by molar-refractivity contribution is 5.71. The van der Waals surface area contributed by atoms with Crippen molar-refractivity contribution in [2.24, 2.45) is 0 Å². The van der Waals surface area contributed by atoms with Crippen LogP contribution in [-0.2, 0) is 28.6 Å². The SMILES string of the molecule is CC/C=C\C/C=C\C/C=C\CCCCCCCC(=O)OC(COC(=O)CCCCCCC/C=C\CCCCCCCC)COC(=O)CCCCCCCCCCCCCCCCCCC. The summed E-state index contributed by atoms with van der Waals surface area (Å²) >= 11 is 0. The summed E-state index contributed by atoms with van der Waals surface area (Å²) in [5.74, 6) is -0.892. The number of carbonyl (C=O) groups excluding carboxylic acids is 3. The Hall–Kier alpha value is -2.63. The van der Waals surface area contributed by atoms with Gasteiger partial charge < -0.3 is 14.2 Å². The molecule has 0 rings (SSSR count). The quantitative estimate of drug-likeness (QED) is 0.0262.